The second-order valence-electron chi connectivity index (χ2n) is 6.48. The fraction of sp³-hybridized carbons (Fsp3) is 0.368. The van der Waals surface area contributed by atoms with E-state index in [0.717, 1.165) is 35.5 Å². The number of ether oxygens (including phenoxy) is 1. The fourth-order valence-electron chi connectivity index (χ4n) is 3.38. The average Bonchev–Trinajstić information content (AvgIpc) is 2.54. The van der Waals surface area contributed by atoms with Crippen LogP contribution in [0.5, 0.6) is 0 Å². The zero-order valence-electron chi connectivity index (χ0n) is 14.9. The summed E-state index contributed by atoms with van der Waals surface area (Å²) in [5, 5.41) is 0. The van der Waals surface area contributed by atoms with Crippen molar-refractivity contribution in [2.75, 3.05) is 35.9 Å². The molecule has 1 saturated heterocycles. The molecule has 134 valence electrons. The van der Waals surface area contributed by atoms with E-state index in [1.165, 1.54) is 0 Å². The Morgan fingerprint density at radius 2 is 1.64 bits per heavy atom. The molecule has 0 atom stereocenters. The number of nitrogens with one attached hydrogen (secondary N) is 1. The zero-order valence-corrected chi connectivity index (χ0v) is 15.7. The molecule has 0 radical (unpaired) electrons. The lowest BCUT2D eigenvalue weighted by Gasteiger charge is -2.29. The van der Waals surface area contributed by atoms with Gasteiger partial charge in [0.2, 0.25) is 0 Å². The van der Waals surface area contributed by atoms with Gasteiger partial charge in [0.25, 0.3) is 10.0 Å². The summed E-state index contributed by atoms with van der Waals surface area (Å²) in [5.41, 5.74) is 4.15. The normalized spacial score (nSPS) is 15.2. The molecular formula is C19H24N2O3S. The monoisotopic (exact) mass is 360 g/mol. The van der Waals surface area contributed by atoms with Crippen LogP contribution in [0, 0.1) is 20.8 Å². The highest BCUT2D eigenvalue weighted by molar-refractivity contribution is 7.92. The predicted octanol–water partition coefficient (Wildman–Crippen LogP) is 3.25. The molecule has 0 aliphatic carbocycles. The van der Waals surface area contributed by atoms with E-state index in [9.17, 15) is 8.42 Å². The topological polar surface area (TPSA) is 58.6 Å². The van der Waals surface area contributed by atoms with Crippen LogP contribution in [0.3, 0.4) is 0 Å². The fourth-order valence-corrected chi connectivity index (χ4v) is 4.89. The van der Waals surface area contributed by atoms with Crippen molar-refractivity contribution in [3.05, 3.63) is 53.1 Å². The van der Waals surface area contributed by atoms with Crippen molar-refractivity contribution in [2.45, 2.75) is 25.7 Å². The summed E-state index contributed by atoms with van der Waals surface area (Å²) in [4.78, 5) is 2.55. The van der Waals surface area contributed by atoms with Gasteiger partial charge in [-0.15, -0.1) is 0 Å². The lowest BCUT2D eigenvalue weighted by Crippen LogP contribution is -2.36. The van der Waals surface area contributed by atoms with E-state index in [0.29, 0.717) is 23.8 Å². The number of benzene rings is 2. The molecule has 0 saturated carbocycles. The molecule has 1 aliphatic rings. The van der Waals surface area contributed by atoms with Gasteiger partial charge in [-0.25, -0.2) is 8.42 Å². The number of hydrogen-bond acceptors (Lipinski definition) is 4. The van der Waals surface area contributed by atoms with E-state index in [-0.39, 0.29) is 0 Å². The Labute approximate surface area is 149 Å². The molecule has 5 nitrogen and oxygen atoms in total. The smallest absolute Gasteiger partial charge is 0.262 e. The molecule has 6 heteroatoms. The van der Waals surface area contributed by atoms with Crippen LogP contribution in [0.4, 0.5) is 11.4 Å². The van der Waals surface area contributed by atoms with Crippen LogP contribution in [0.15, 0.2) is 41.3 Å². The van der Waals surface area contributed by atoms with E-state index in [1.54, 1.807) is 6.07 Å². The van der Waals surface area contributed by atoms with Crippen molar-refractivity contribution in [3.8, 4) is 0 Å². The summed E-state index contributed by atoms with van der Waals surface area (Å²) in [5.74, 6) is 0. The maximum atomic E-state index is 12.9. The Bertz CT molecular complexity index is 849. The first-order valence-corrected chi connectivity index (χ1v) is 9.88. The van der Waals surface area contributed by atoms with Crippen molar-refractivity contribution in [1.82, 2.24) is 0 Å². The van der Waals surface area contributed by atoms with Crippen LogP contribution in [-0.4, -0.2) is 34.7 Å². The molecule has 0 aromatic heterocycles. The number of anilines is 2. The number of hydrogen-bond donors (Lipinski definition) is 1. The molecule has 0 bridgehead atoms. The molecule has 0 amide bonds. The number of nitrogens with zero attached hydrogens (tertiary/aromatic N) is 1. The number of aryl methyl sites for hydroxylation is 3. The largest absolute Gasteiger partial charge is 0.378 e. The van der Waals surface area contributed by atoms with E-state index in [1.807, 2.05) is 51.1 Å². The number of morpholine rings is 1. The molecule has 0 unspecified atom stereocenters. The zero-order chi connectivity index (χ0) is 18.0. The Balaban J connectivity index is 1.89. The lowest BCUT2D eigenvalue weighted by molar-refractivity contribution is 0.122. The standard InChI is InChI=1S/C19H24N2O3S/c1-14-11-15(2)19(16(3)12-14)25(22,23)20-17-5-4-6-18(13-17)21-7-9-24-10-8-21/h4-6,11-13,20H,7-10H2,1-3H3. The minimum absolute atomic E-state index is 0.356. The molecule has 1 aliphatic heterocycles. The Kier molecular flexibility index (Phi) is 5.01. The molecule has 2 aromatic carbocycles. The molecular weight excluding hydrogens is 336 g/mol. The molecule has 1 N–H and O–H groups in total. The van der Waals surface area contributed by atoms with Gasteiger partial charge in [-0.3, -0.25) is 4.72 Å². The Hall–Kier alpha value is -2.05. The lowest BCUT2D eigenvalue weighted by atomic mass is 10.1. The predicted molar refractivity (Wildman–Crippen MR) is 101 cm³/mol. The van der Waals surface area contributed by atoms with E-state index in [2.05, 4.69) is 9.62 Å². The van der Waals surface area contributed by atoms with Crippen LogP contribution in [-0.2, 0) is 14.8 Å². The molecule has 25 heavy (non-hydrogen) atoms. The van der Waals surface area contributed by atoms with Crippen LogP contribution < -0.4 is 9.62 Å². The minimum atomic E-state index is -3.63. The van der Waals surface area contributed by atoms with Crippen molar-refractivity contribution in [3.63, 3.8) is 0 Å². The quantitative estimate of drug-likeness (QED) is 0.909. The van der Waals surface area contributed by atoms with Crippen LogP contribution in [0.25, 0.3) is 0 Å². The first-order chi connectivity index (χ1) is 11.9. The van der Waals surface area contributed by atoms with E-state index >= 15 is 0 Å². The second-order valence-corrected chi connectivity index (χ2v) is 8.10. The van der Waals surface area contributed by atoms with E-state index in [4.69, 9.17) is 4.74 Å². The number of rotatable bonds is 4. The molecule has 1 heterocycles. The maximum absolute atomic E-state index is 12.9. The van der Waals surface area contributed by atoms with Gasteiger partial charge in [0, 0.05) is 18.8 Å². The van der Waals surface area contributed by atoms with Gasteiger partial charge in [0.1, 0.15) is 0 Å². The SMILES string of the molecule is Cc1cc(C)c(S(=O)(=O)Nc2cccc(N3CCOCC3)c2)c(C)c1. The highest BCUT2D eigenvalue weighted by Crippen LogP contribution is 2.26. The van der Waals surface area contributed by atoms with Gasteiger partial charge in [0.15, 0.2) is 0 Å². The summed E-state index contributed by atoms with van der Waals surface area (Å²) >= 11 is 0. The summed E-state index contributed by atoms with van der Waals surface area (Å²) in [7, 11) is -3.63. The Morgan fingerprint density at radius 1 is 1.00 bits per heavy atom. The van der Waals surface area contributed by atoms with Crippen molar-refractivity contribution >= 4 is 21.4 Å². The first-order valence-electron chi connectivity index (χ1n) is 8.40. The van der Waals surface area contributed by atoms with Gasteiger partial charge in [-0.05, 0) is 50.1 Å². The van der Waals surface area contributed by atoms with Crippen LogP contribution >= 0.6 is 0 Å². The maximum Gasteiger partial charge on any atom is 0.262 e. The summed E-state index contributed by atoms with van der Waals surface area (Å²) < 4.78 is 33.9. The average molecular weight is 360 g/mol. The summed E-state index contributed by atoms with van der Waals surface area (Å²) in [6, 6.07) is 11.3. The second kappa shape index (κ2) is 7.06. The summed E-state index contributed by atoms with van der Waals surface area (Å²) in [6.07, 6.45) is 0. The van der Waals surface area contributed by atoms with Gasteiger partial charge >= 0.3 is 0 Å². The molecule has 2 aromatic rings. The first kappa shape index (κ1) is 17.8. The van der Waals surface area contributed by atoms with Crippen molar-refractivity contribution in [1.29, 1.82) is 0 Å². The third-order valence-electron chi connectivity index (χ3n) is 4.35. The third-order valence-corrected chi connectivity index (χ3v) is 6.03. The third kappa shape index (κ3) is 3.96. The van der Waals surface area contributed by atoms with Gasteiger partial charge in [0.05, 0.1) is 23.8 Å². The highest BCUT2D eigenvalue weighted by Gasteiger charge is 2.20. The molecule has 0 spiro atoms. The Morgan fingerprint density at radius 3 is 2.28 bits per heavy atom. The molecule has 1 fully saturated rings. The molecule has 3 rings (SSSR count). The van der Waals surface area contributed by atoms with Crippen LogP contribution in [0.1, 0.15) is 16.7 Å². The summed E-state index contributed by atoms with van der Waals surface area (Å²) in [6.45, 7) is 8.64. The van der Waals surface area contributed by atoms with Crippen molar-refractivity contribution < 1.29 is 13.2 Å². The van der Waals surface area contributed by atoms with Gasteiger partial charge in [-0.1, -0.05) is 23.8 Å². The van der Waals surface area contributed by atoms with Gasteiger partial charge < -0.3 is 9.64 Å². The van der Waals surface area contributed by atoms with Crippen LogP contribution in [0.2, 0.25) is 0 Å². The number of sulfonamides is 1. The van der Waals surface area contributed by atoms with Crippen molar-refractivity contribution in [2.24, 2.45) is 0 Å². The highest BCUT2D eigenvalue weighted by atomic mass is 32.2. The minimum Gasteiger partial charge on any atom is -0.378 e. The van der Waals surface area contributed by atoms with Gasteiger partial charge in [-0.2, -0.15) is 0 Å². The van der Waals surface area contributed by atoms with E-state index < -0.39 is 10.0 Å².